The number of likely N-dealkylation sites (tertiary alicyclic amines) is 1. The Kier molecular flexibility index (Phi) is 4.40. The molecule has 1 saturated heterocycles. The Morgan fingerprint density at radius 3 is 2.58 bits per heavy atom. The van der Waals surface area contributed by atoms with Crippen molar-refractivity contribution in [1.82, 2.24) is 19.5 Å². The van der Waals surface area contributed by atoms with Gasteiger partial charge in [0.1, 0.15) is 5.65 Å². The van der Waals surface area contributed by atoms with Crippen LogP contribution in [0, 0.1) is 6.92 Å². The first-order valence-corrected chi connectivity index (χ1v) is 9.44. The van der Waals surface area contributed by atoms with Crippen LogP contribution >= 0.6 is 15.9 Å². The molecule has 4 rings (SSSR count). The molecule has 3 aromatic rings. The summed E-state index contributed by atoms with van der Waals surface area (Å²) < 4.78 is 2.88. The number of aryl methyl sites for hydroxylation is 1. The van der Waals surface area contributed by atoms with Gasteiger partial charge in [-0.25, -0.2) is 4.52 Å². The van der Waals surface area contributed by atoms with Crippen LogP contribution < -0.4 is 5.56 Å². The van der Waals surface area contributed by atoms with E-state index in [0.29, 0.717) is 13.1 Å². The van der Waals surface area contributed by atoms with Gasteiger partial charge in [-0.3, -0.25) is 9.59 Å². The Bertz CT molecular complexity index is 1010. The van der Waals surface area contributed by atoms with Crippen molar-refractivity contribution >= 4 is 28.0 Å². The average molecular weight is 415 g/mol. The largest absolute Gasteiger partial charge is 0.345 e. The molecule has 1 aliphatic rings. The fraction of sp³-hybridized carbons (Fsp3) is 0.316. The highest BCUT2D eigenvalue weighted by atomic mass is 79.9. The lowest BCUT2D eigenvalue weighted by Crippen LogP contribution is -2.32. The Balaban J connectivity index is 1.84. The summed E-state index contributed by atoms with van der Waals surface area (Å²) in [6, 6.07) is 9.64. The molecule has 0 aliphatic carbocycles. The monoisotopic (exact) mass is 414 g/mol. The van der Waals surface area contributed by atoms with E-state index in [-0.39, 0.29) is 11.5 Å². The number of rotatable bonds is 3. The fourth-order valence-corrected chi connectivity index (χ4v) is 4.00. The molecule has 0 atom stereocenters. The number of carbonyl (C=O) groups is 1. The lowest BCUT2D eigenvalue weighted by molar-refractivity contribution is -0.119. The van der Waals surface area contributed by atoms with Gasteiger partial charge in [0.2, 0.25) is 6.41 Å². The highest BCUT2D eigenvalue weighted by Crippen LogP contribution is 2.32. The number of aromatic amines is 1. The summed E-state index contributed by atoms with van der Waals surface area (Å²) in [5, 5.41) is 4.72. The standard InChI is InChI=1S/C19H19BrN4O2/c1-12-18(14-2-4-15(20)5-3-14)19-21-17(26)10-16(24(19)22-12)13-6-8-23(11-25)9-7-13/h2-5,10-11,13H,6-9H2,1H3,(H,21,26). The number of hydrogen-bond acceptors (Lipinski definition) is 3. The zero-order chi connectivity index (χ0) is 18.3. The molecule has 26 heavy (non-hydrogen) atoms. The molecular formula is C19H19BrN4O2. The SMILES string of the molecule is Cc1nn2c(C3CCN(C=O)CC3)cc(=O)[nH]c2c1-c1ccc(Br)cc1. The summed E-state index contributed by atoms with van der Waals surface area (Å²) >= 11 is 3.46. The number of H-pyrrole nitrogens is 1. The van der Waals surface area contributed by atoms with Gasteiger partial charge in [0.15, 0.2) is 0 Å². The number of nitrogens with one attached hydrogen (secondary N) is 1. The normalized spacial score (nSPS) is 15.5. The van der Waals surface area contributed by atoms with Gasteiger partial charge in [0.05, 0.1) is 11.4 Å². The fourth-order valence-electron chi connectivity index (χ4n) is 3.73. The lowest BCUT2D eigenvalue weighted by Gasteiger charge is -2.29. The Hall–Kier alpha value is -2.41. The smallest absolute Gasteiger partial charge is 0.251 e. The van der Waals surface area contributed by atoms with Crippen molar-refractivity contribution in [2.24, 2.45) is 0 Å². The van der Waals surface area contributed by atoms with E-state index in [1.165, 1.54) is 0 Å². The van der Waals surface area contributed by atoms with Crippen LogP contribution in [0.1, 0.15) is 30.1 Å². The molecule has 1 fully saturated rings. The third kappa shape index (κ3) is 2.96. The minimum atomic E-state index is -0.122. The molecule has 6 nitrogen and oxygen atoms in total. The van der Waals surface area contributed by atoms with E-state index >= 15 is 0 Å². The first-order valence-electron chi connectivity index (χ1n) is 8.64. The van der Waals surface area contributed by atoms with E-state index in [1.54, 1.807) is 11.0 Å². The number of halogens is 1. The van der Waals surface area contributed by atoms with Crippen molar-refractivity contribution in [1.29, 1.82) is 0 Å². The van der Waals surface area contributed by atoms with Crippen LogP contribution in [0.5, 0.6) is 0 Å². The number of piperidine rings is 1. The van der Waals surface area contributed by atoms with Crippen molar-refractivity contribution in [2.45, 2.75) is 25.7 Å². The molecule has 0 unspecified atom stereocenters. The van der Waals surface area contributed by atoms with Crippen LogP contribution in [-0.4, -0.2) is 39.0 Å². The van der Waals surface area contributed by atoms with Crippen molar-refractivity contribution in [3.8, 4) is 11.1 Å². The van der Waals surface area contributed by atoms with Crippen LogP contribution in [-0.2, 0) is 4.79 Å². The van der Waals surface area contributed by atoms with Gasteiger partial charge in [-0.15, -0.1) is 0 Å². The van der Waals surface area contributed by atoms with E-state index in [1.807, 2.05) is 35.7 Å². The summed E-state index contributed by atoms with van der Waals surface area (Å²) in [6.07, 6.45) is 2.57. The Morgan fingerprint density at radius 1 is 1.23 bits per heavy atom. The highest BCUT2D eigenvalue weighted by Gasteiger charge is 2.24. The number of amides is 1. The van der Waals surface area contributed by atoms with Crippen molar-refractivity contribution in [2.75, 3.05) is 13.1 Å². The quantitative estimate of drug-likeness (QED) is 0.669. The van der Waals surface area contributed by atoms with Crippen LogP contribution in [0.3, 0.4) is 0 Å². The summed E-state index contributed by atoms with van der Waals surface area (Å²) in [5.74, 6) is 0.216. The molecule has 134 valence electrons. The van der Waals surface area contributed by atoms with Crippen LogP contribution in [0.2, 0.25) is 0 Å². The van der Waals surface area contributed by atoms with Crippen molar-refractivity contribution < 1.29 is 4.79 Å². The van der Waals surface area contributed by atoms with Crippen molar-refractivity contribution in [3.05, 3.63) is 56.5 Å². The summed E-state index contributed by atoms with van der Waals surface area (Å²) in [4.78, 5) is 28.0. The second-order valence-corrected chi connectivity index (χ2v) is 7.62. The first-order chi connectivity index (χ1) is 12.6. The topological polar surface area (TPSA) is 70.5 Å². The number of nitrogens with zero attached hydrogens (tertiary/aromatic N) is 3. The van der Waals surface area contributed by atoms with Crippen molar-refractivity contribution in [3.63, 3.8) is 0 Å². The predicted molar refractivity (Wildman–Crippen MR) is 103 cm³/mol. The number of fused-ring (bicyclic) bond motifs is 1. The second-order valence-electron chi connectivity index (χ2n) is 6.70. The zero-order valence-electron chi connectivity index (χ0n) is 14.4. The maximum Gasteiger partial charge on any atom is 0.251 e. The van der Waals surface area contributed by atoms with Crippen LogP contribution in [0.4, 0.5) is 0 Å². The average Bonchev–Trinajstić information content (AvgIpc) is 2.97. The van der Waals surface area contributed by atoms with E-state index < -0.39 is 0 Å². The molecule has 3 heterocycles. The first kappa shape index (κ1) is 17.0. The minimum Gasteiger partial charge on any atom is -0.345 e. The van der Waals surface area contributed by atoms with Gasteiger partial charge < -0.3 is 9.88 Å². The van der Waals surface area contributed by atoms with Gasteiger partial charge in [0, 0.05) is 35.1 Å². The molecule has 0 saturated carbocycles. The van der Waals surface area contributed by atoms with E-state index in [9.17, 15) is 9.59 Å². The molecule has 0 spiro atoms. The molecule has 1 amide bonds. The maximum atomic E-state index is 12.3. The summed E-state index contributed by atoms with van der Waals surface area (Å²) in [5.41, 5.74) is 4.36. The van der Waals surface area contributed by atoms with Gasteiger partial charge >= 0.3 is 0 Å². The zero-order valence-corrected chi connectivity index (χ0v) is 16.0. The van der Waals surface area contributed by atoms with Crippen LogP contribution in [0.15, 0.2) is 39.6 Å². The molecule has 1 aliphatic heterocycles. The molecule has 7 heteroatoms. The molecule has 1 aromatic carbocycles. The second kappa shape index (κ2) is 6.72. The van der Waals surface area contributed by atoms with Gasteiger partial charge in [-0.2, -0.15) is 5.10 Å². The number of carbonyl (C=O) groups excluding carboxylic acids is 1. The Labute approximate surface area is 159 Å². The predicted octanol–water partition coefficient (Wildman–Crippen LogP) is 3.10. The molecule has 0 bridgehead atoms. The van der Waals surface area contributed by atoms with Gasteiger partial charge in [-0.05, 0) is 37.5 Å². The molecule has 1 N–H and O–H groups in total. The molecular weight excluding hydrogens is 396 g/mol. The summed E-state index contributed by atoms with van der Waals surface area (Å²) in [7, 11) is 0. The van der Waals surface area contributed by atoms with E-state index in [2.05, 4.69) is 20.9 Å². The minimum absolute atomic E-state index is 0.122. The maximum absolute atomic E-state index is 12.3. The van der Waals surface area contributed by atoms with Gasteiger partial charge in [-0.1, -0.05) is 28.1 Å². The Morgan fingerprint density at radius 2 is 1.92 bits per heavy atom. The number of hydrogen-bond donors (Lipinski definition) is 1. The van der Waals surface area contributed by atoms with Gasteiger partial charge in [0.25, 0.3) is 5.56 Å². The third-order valence-electron chi connectivity index (χ3n) is 5.06. The lowest BCUT2D eigenvalue weighted by atomic mass is 9.93. The number of aromatic nitrogens is 3. The molecule has 0 radical (unpaired) electrons. The molecule has 2 aromatic heterocycles. The third-order valence-corrected chi connectivity index (χ3v) is 5.58. The van der Waals surface area contributed by atoms with E-state index in [4.69, 9.17) is 5.10 Å². The summed E-state index contributed by atoms with van der Waals surface area (Å²) in [6.45, 7) is 3.38. The number of benzene rings is 1. The van der Waals surface area contributed by atoms with E-state index in [0.717, 1.165) is 51.9 Å². The van der Waals surface area contributed by atoms with Crippen LogP contribution in [0.25, 0.3) is 16.8 Å². The highest BCUT2D eigenvalue weighted by molar-refractivity contribution is 9.10.